The third-order valence-corrected chi connectivity index (χ3v) is 6.11. The van der Waals surface area contributed by atoms with E-state index in [9.17, 15) is 14.0 Å². The molecule has 0 radical (unpaired) electrons. The number of carbonyl (C=O) groups is 2. The highest BCUT2D eigenvalue weighted by atomic mass is 19.1. The van der Waals surface area contributed by atoms with Gasteiger partial charge in [0, 0.05) is 44.2 Å². The van der Waals surface area contributed by atoms with Gasteiger partial charge in [-0.15, -0.1) is 0 Å². The number of anilines is 1. The minimum atomic E-state index is -0.341. The first kappa shape index (κ1) is 20.3. The number of hydrogen-bond acceptors (Lipinski definition) is 5. The molecule has 1 aromatic carbocycles. The van der Waals surface area contributed by atoms with E-state index < -0.39 is 0 Å². The summed E-state index contributed by atoms with van der Waals surface area (Å²) in [6, 6.07) is 6.06. The lowest BCUT2D eigenvalue weighted by Gasteiger charge is -2.34. The Balaban J connectivity index is 1.60. The predicted octanol–water partition coefficient (Wildman–Crippen LogP) is 2.79. The molecule has 0 bridgehead atoms. The molecule has 0 spiro atoms. The van der Waals surface area contributed by atoms with Gasteiger partial charge in [-0.1, -0.05) is 12.1 Å². The van der Waals surface area contributed by atoms with E-state index in [0.29, 0.717) is 49.3 Å². The molecule has 8 heteroatoms. The number of amides is 2. The molecular weight excluding hydrogens is 385 g/mol. The van der Waals surface area contributed by atoms with Crippen molar-refractivity contribution in [3.63, 3.8) is 0 Å². The van der Waals surface area contributed by atoms with Gasteiger partial charge in [-0.05, 0) is 43.4 Å². The van der Waals surface area contributed by atoms with Crippen LogP contribution in [-0.4, -0.2) is 51.2 Å². The third kappa shape index (κ3) is 3.99. The molecule has 7 nitrogen and oxygen atoms in total. The van der Waals surface area contributed by atoms with Gasteiger partial charge in [0.15, 0.2) is 0 Å². The Kier molecular flexibility index (Phi) is 5.65. The first-order chi connectivity index (χ1) is 14.4. The van der Waals surface area contributed by atoms with Crippen LogP contribution in [0, 0.1) is 11.7 Å². The van der Waals surface area contributed by atoms with E-state index >= 15 is 0 Å². The Morgan fingerprint density at radius 2 is 1.93 bits per heavy atom. The van der Waals surface area contributed by atoms with Crippen LogP contribution < -0.4 is 5.73 Å². The van der Waals surface area contributed by atoms with E-state index in [1.54, 1.807) is 30.2 Å². The minimum absolute atomic E-state index is 0.0520. The van der Waals surface area contributed by atoms with Crippen molar-refractivity contribution >= 4 is 17.8 Å². The highest BCUT2D eigenvalue weighted by Gasteiger charge is 2.37. The maximum absolute atomic E-state index is 13.8. The fourth-order valence-corrected chi connectivity index (χ4v) is 4.53. The summed E-state index contributed by atoms with van der Waals surface area (Å²) in [4.78, 5) is 37.2. The van der Waals surface area contributed by atoms with Crippen molar-refractivity contribution in [3.8, 4) is 11.1 Å². The number of hydrogen-bond donors (Lipinski definition) is 1. The molecule has 1 aromatic heterocycles. The summed E-state index contributed by atoms with van der Waals surface area (Å²) >= 11 is 0. The predicted molar refractivity (Wildman–Crippen MR) is 111 cm³/mol. The van der Waals surface area contributed by atoms with Crippen molar-refractivity contribution in [2.24, 2.45) is 5.92 Å². The Morgan fingerprint density at radius 1 is 1.17 bits per heavy atom. The number of aromatic nitrogens is 2. The molecule has 0 saturated carbocycles. The Bertz CT molecular complexity index is 958. The molecule has 2 aromatic rings. The summed E-state index contributed by atoms with van der Waals surface area (Å²) in [6.45, 7) is 3.44. The molecule has 2 aliphatic heterocycles. The summed E-state index contributed by atoms with van der Waals surface area (Å²) in [6.07, 6.45) is 4.60. The van der Waals surface area contributed by atoms with Crippen LogP contribution in [0.5, 0.6) is 0 Å². The van der Waals surface area contributed by atoms with Gasteiger partial charge in [0.1, 0.15) is 5.82 Å². The maximum Gasteiger partial charge on any atom is 0.226 e. The fourth-order valence-electron chi connectivity index (χ4n) is 4.53. The number of piperidine rings is 1. The molecule has 4 rings (SSSR count). The average molecular weight is 411 g/mol. The quantitative estimate of drug-likeness (QED) is 0.838. The molecule has 2 N–H and O–H groups in total. The molecule has 1 unspecified atom stereocenters. The average Bonchev–Trinajstić information content (AvgIpc) is 3.23. The molecule has 158 valence electrons. The number of nitrogen functional groups attached to an aromatic ring is 1. The summed E-state index contributed by atoms with van der Waals surface area (Å²) in [5.41, 5.74) is 7.90. The molecule has 1 atom stereocenters. The van der Waals surface area contributed by atoms with E-state index in [0.717, 1.165) is 12.8 Å². The van der Waals surface area contributed by atoms with Gasteiger partial charge in [0.2, 0.25) is 17.8 Å². The van der Waals surface area contributed by atoms with Crippen LogP contribution in [0.1, 0.15) is 44.3 Å². The summed E-state index contributed by atoms with van der Waals surface area (Å²) in [5.74, 6) is -0.150. The molecule has 2 amide bonds. The minimum Gasteiger partial charge on any atom is -0.368 e. The lowest BCUT2D eigenvalue weighted by molar-refractivity contribution is -0.140. The van der Waals surface area contributed by atoms with Crippen LogP contribution >= 0.6 is 0 Å². The number of halogens is 1. The second-order valence-electron chi connectivity index (χ2n) is 8.01. The van der Waals surface area contributed by atoms with Gasteiger partial charge < -0.3 is 15.5 Å². The summed E-state index contributed by atoms with van der Waals surface area (Å²) < 4.78 is 13.8. The number of benzene rings is 1. The van der Waals surface area contributed by atoms with Crippen molar-refractivity contribution in [1.29, 1.82) is 0 Å². The van der Waals surface area contributed by atoms with Crippen molar-refractivity contribution < 1.29 is 14.0 Å². The number of rotatable bonds is 3. The van der Waals surface area contributed by atoms with Crippen LogP contribution in [0.25, 0.3) is 11.1 Å². The first-order valence-electron chi connectivity index (χ1n) is 10.4. The number of carbonyl (C=O) groups excluding carboxylic acids is 2. The topological polar surface area (TPSA) is 92.4 Å². The second-order valence-corrected chi connectivity index (χ2v) is 8.01. The summed E-state index contributed by atoms with van der Waals surface area (Å²) in [5, 5.41) is 0. The number of likely N-dealkylation sites (tertiary alicyclic amines) is 2. The molecule has 0 aliphatic carbocycles. The second kappa shape index (κ2) is 8.38. The zero-order chi connectivity index (χ0) is 21.3. The van der Waals surface area contributed by atoms with Crippen molar-refractivity contribution in [2.45, 2.75) is 38.6 Å². The largest absolute Gasteiger partial charge is 0.368 e. The van der Waals surface area contributed by atoms with Gasteiger partial charge >= 0.3 is 0 Å². The van der Waals surface area contributed by atoms with E-state index in [2.05, 4.69) is 9.97 Å². The molecular formula is C22H26FN5O2. The number of nitrogens with two attached hydrogens (primary N) is 1. The zero-order valence-electron chi connectivity index (χ0n) is 17.1. The maximum atomic E-state index is 13.8. The van der Waals surface area contributed by atoms with Crippen LogP contribution in [0.15, 0.2) is 30.5 Å². The van der Waals surface area contributed by atoms with Crippen molar-refractivity contribution in [2.75, 3.05) is 25.4 Å². The van der Waals surface area contributed by atoms with Crippen molar-refractivity contribution in [1.82, 2.24) is 19.8 Å². The third-order valence-electron chi connectivity index (χ3n) is 6.11. The normalized spacial score (nSPS) is 19.9. The van der Waals surface area contributed by atoms with Gasteiger partial charge in [-0.25, -0.2) is 14.4 Å². The lowest BCUT2D eigenvalue weighted by atomic mass is 9.94. The fraction of sp³-hybridized carbons (Fsp3) is 0.455. The van der Waals surface area contributed by atoms with E-state index in [1.165, 1.54) is 12.1 Å². The molecule has 2 fully saturated rings. The SMILES string of the molecule is CC(=O)N1CCC(C(=O)N2CCCC2c2nc(N)ncc2-c2cccc(F)c2)CC1. The molecule has 2 aliphatic rings. The van der Waals surface area contributed by atoms with E-state index in [4.69, 9.17) is 5.73 Å². The molecule has 3 heterocycles. The van der Waals surface area contributed by atoms with Gasteiger partial charge in [-0.2, -0.15) is 0 Å². The van der Waals surface area contributed by atoms with E-state index in [-0.39, 0.29) is 35.5 Å². The lowest BCUT2D eigenvalue weighted by Crippen LogP contribution is -2.43. The standard InChI is InChI=1S/C22H26FN5O2/c1-14(29)27-10-7-15(8-11-27)21(30)28-9-3-6-19(28)20-18(13-25-22(24)26-20)16-4-2-5-17(23)12-16/h2,4-5,12-13,15,19H,3,6-11H2,1H3,(H2,24,25,26). The Labute approximate surface area is 175 Å². The van der Waals surface area contributed by atoms with Gasteiger partial charge in [0.05, 0.1) is 11.7 Å². The Hall–Kier alpha value is -3.03. The van der Waals surface area contributed by atoms with Crippen LogP contribution in [0.3, 0.4) is 0 Å². The number of nitrogens with zero attached hydrogens (tertiary/aromatic N) is 4. The highest BCUT2D eigenvalue weighted by molar-refractivity contribution is 5.81. The molecule has 2 saturated heterocycles. The monoisotopic (exact) mass is 411 g/mol. The molecule has 30 heavy (non-hydrogen) atoms. The van der Waals surface area contributed by atoms with Gasteiger partial charge in [0.25, 0.3) is 0 Å². The van der Waals surface area contributed by atoms with E-state index in [1.807, 2.05) is 4.90 Å². The van der Waals surface area contributed by atoms with Gasteiger partial charge in [-0.3, -0.25) is 9.59 Å². The zero-order valence-corrected chi connectivity index (χ0v) is 17.1. The van der Waals surface area contributed by atoms with Crippen LogP contribution in [0.2, 0.25) is 0 Å². The van der Waals surface area contributed by atoms with Crippen LogP contribution in [0.4, 0.5) is 10.3 Å². The first-order valence-corrected chi connectivity index (χ1v) is 10.4. The highest BCUT2D eigenvalue weighted by Crippen LogP contribution is 2.38. The summed E-state index contributed by atoms with van der Waals surface area (Å²) in [7, 11) is 0. The van der Waals surface area contributed by atoms with Crippen molar-refractivity contribution in [3.05, 3.63) is 42.0 Å². The van der Waals surface area contributed by atoms with Crippen LogP contribution in [-0.2, 0) is 9.59 Å². The Morgan fingerprint density at radius 3 is 2.63 bits per heavy atom. The smallest absolute Gasteiger partial charge is 0.226 e.